The average Bonchev–Trinajstić information content (AvgIpc) is 3.17. The molecule has 7 nitrogen and oxygen atoms in total. The van der Waals surface area contributed by atoms with Crippen molar-refractivity contribution in [3.05, 3.63) is 0 Å². The minimum atomic E-state index is -0.522. The standard InChI is InChI=1S/C16H28N4O3/c17-10-7-5-3-1-2-4-6-9-16(19-20-16)12-14(21)18-13-8-11-23-15(13)22/h13H,1-12,17H2,(H,18,21)/t13-/m0/s1. The van der Waals surface area contributed by atoms with E-state index in [0.29, 0.717) is 13.0 Å². The van der Waals surface area contributed by atoms with E-state index < -0.39 is 11.7 Å². The summed E-state index contributed by atoms with van der Waals surface area (Å²) in [6, 6.07) is -0.494. The Morgan fingerprint density at radius 2 is 1.83 bits per heavy atom. The van der Waals surface area contributed by atoms with Gasteiger partial charge < -0.3 is 15.8 Å². The molecule has 130 valence electrons. The number of carbonyl (C=O) groups is 2. The van der Waals surface area contributed by atoms with Crippen molar-refractivity contribution in [2.45, 2.75) is 75.9 Å². The average molecular weight is 324 g/mol. The Balaban J connectivity index is 1.53. The number of nitrogens with one attached hydrogen (secondary N) is 1. The predicted molar refractivity (Wildman–Crippen MR) is 85.7 cm³/mol. The summed E-state index contributed by atoms with van der Waals surface area (Å²) in [5.74, 6) is -0.507. The predicted octanol–water partition coefficient (Wildman–Crippen LogP) is 2.05. The summed E-state index contributed by atoms with van der Waals surface area (Å²) in [5.41, 5.74) is 4.94. The van der Waals surface area contributed by atoms with Crippen LogP contribution >= 0.6 is 0 Å². The number of unbranched alkanes of at least 4 members (excludes halogenated alkanes) is 6. The quantitative estimate of drug-likeness (QED) is 0.423. The molecule has 0 aliphatic carbocycles. The molecule has 1 amide bonds. The van der Waals surface area contributed by atoms with Gasteiger partial charge in [0.25, 0.3) is 0 Å². The van der Waals surface area contributed by atoms with Gasteiger partial charge in [-0.05, 0) is 25.8 Å². The van der Waals surface area contributed by atoms with E-state index in [4.69, 9.17) is 10.5 Å². The maximum absolute atomic E-state index is 12.0. The number of hydrogen-bond acceptors (Lipinski definition) is 6. The minimum Gasteiger partial charge on any atom is -0.464 e. The fraction of sp³-hybridized carbons (Fsp3) is 0.875. The second-order valence-corrected chi connectivity index (χ2v) is 6.45. The first-order chi connectivity index (χ1) is 11.2. The third-order valence-corrected chi connectivity index (χ3v) is 4.38. The van der Waals surface area contributed by atoms with Crippen LogP contribution in [0.25, 0.3) is 0 Å². The molecular weight excluding hydrogens is 296 g/mol. The molecule has 0 saturated carbocycles. The maximum Gasteiger partial charge on any atom is 0.328 e. The molecule has 2 heterocycles. The van der Waals surface area contributed by atoms with E-state index in [1.807, 2.05) is 0 Å². The van der Waals surface area contributed by atoms with Crippen LogP contribution in [0.4, 0.5) is 0 Å². The lowest BCUT2D eigenvalue weighted by atomic mass is 10.00. The lowest BCUT2D eigenvalue weighted by molar-refractivity contribution is -0.141. The molecule has 1 saturated heterocycles. The molecule has 0 aromatic carbocycles. The molecule has 0 aromatic rings. The molecule has 7 heteroatoms. The van der Waals surface area contributed by atoms with Crippen LogP contribution in [0, 0.1) is 0 Å². The molecule has 2 aliphatic heterocycles. The molecule has 23 heavy (non-hydrogen) atoms. The van der Waals surface area contributed by atoms with E-state index in [1.54, 1.807) is 0 Å². The van der Waals surface area contributed by atoms with Crippen molar-refractivity contribution >= 4 is 11.9 Å². The highest BCUT2D eigenvalue weighted by atomic mass is 16.5. The van der Waals surface area contributed by atoms with Gasteiger partial charge in [0, 0.05) is 6.42 Å². The smallest absolute Gasteiger partial charge is 0.328 e. The highest BCUT2D eigenvalue weighted by Gasteiger charge is 2.42. The molecule has 0 radical (unpaired) electrons. The van der Waals surface area contributed by atoms with Crippen LogP contribution < -0.4 is 11.1 Å². The Hall–Kier alpha value is -1.50. The monoisotopic (exact) mass is 324 g/mol. The third-order valence-electron chi connectivity index (χ3n) is 4.38. The first-order valence-electron chi connectivity index (χ1n) is 8.75. The molecule has 3 N–H and O–H groups in total. The SMILES string of the molecule is NCCCCCCCCCC1(CC(=O)N[C@H]2CCOC2=O)N=N1. The van der Waals surface area contributed by atoms with Gasteiger partial charge in [-0.25, -0.2) is 4.79 Å². The number of amides is 1. The first-order valence-corrected chi connectivity index (χ1v) is 8.75. The number of cyclic esters (lactones) is 1. The van der Waals surface area contributed by atoms with Crippen LogP contribution in [0.2, 0.25) is 0 Å². The fourth-order valence-electron chi connectivity index (χ4n) is 2.90. The van der Waals surface area contributed by atoms with E-state index in [-0.39, 0.29) is 18.3 Å². The van der Waals surface area contributed by atoms with Gasteiger partial charge in [0.2, 0.25) is 5.91 Å². The van der Waals surface area contributed by atoms with Crippen LogP contribution in [0.15, 0.2) is 10.2 Å². The van der Waals surface area contributed by atoms with Crippen LogP contribution in [0.3, 0.4) is 0 Å². The largest absolute Gasteiger partial charge is 0.464 e. The minimum absolute atomic E-state index is 0.166. The first kappa shape index (κ1) is 17.8. The number of esters is 1. The van der Waals surface area contributed by atoms with E-state index >= 15 is 0 Å². The third kappa shape index (κ3) is 6.25. The van der Waals surface area contributed by atoms with Crippen LogP contribution in [0.1, 0.15) is 64.2 Å². The highest BCUT2D eigenvalue weighted by molar-refractivity contribution is 5.86. The Labute approximate surface area is 137 Å². The molecular formula is C16H28N4O3. The number of nitrogens with two attached hydrogens (primary N) is 1. The van der Waals surface area contributed by atoms with Gasteiger partial charge >= 0.3 is 5.97 Å². The van der Waals surface area contributed by atoms with Crippen LogP contribution in [0.5, 0.6) is 0 Å². The Bertz CT molecular complexity index is 433. The van der Waals surface area contributed by atoms with E-state index in [1.165, 1.54) is 25.7 Å². The zero-order chi connectivity index (χ0) is 16.5. The second-order valence-electron chi connectivity index (χ2n) is 6.45. The summed E-state index contributed by atoms with van der Waals surface area (Å²) in [4.78, 5) is 23.3. The summed E-state index contributed by atoms with van der Waals surface area (Å²) in [6.45, 7) is 1.17. The summed E-state index contributed by atoms with van der Waals surface area (Å²) in [6.07, 6.45) is 9.82. The zero-order valence-corrected chi connectivity index (χ0v) is 13.8. The van der Waals surface area contributed by atoms with Crippen molar-refractivity contribution in [3.63, 3.8) is 0 Å². The molecule has 2 rings (SSSR count). The number of carbonyl (C=O) groups excluding carboxylic acids is 2. The van der Waals surface area contributed by atoms with E-state index in [0.717, 1.165) is 32.2 Å². The lowest BCUT2D eigenvalue weighted by Gasteiger charge is -2.12. The lowest BCUT2D eigenvalue weighted by Crippen LogP contribution is -2.39. The van der Waals surface area contributed by atoms with Crippen molar-refractivity contribution in [3.8, 4) is 0 Å². The van der Waals surface area contributed by atoms with Gasteiger partial charge in [0.1, 0.15) is 6.04 Å². The molecule has 1 fully saturated rings. The second kappa shape index (κ2) is 8.96. The zero-order valence-electron chi connectivity index (χ0n) is 13.8. The molecule has 1 atom stereocenters. The highest BCUT2D eigenvalue weighted by Crippen LogP contribution is 2.37. The molecule has 0 aromatic heterocycles. The summed E-state index contributed by atoms with van der Waals surface area (Å²) >= 11 is 0. The van der Waals surface area contributed by atoms with Gasteiger partial charge in [0.05, 0.1) is 13.0 Å². The topological polar surface area (TPSA) is 106 Å². The van der Waals surface area contributed by atoms with Crippen molar-refractivity contribution < 1.29 is 14.3 Å². The molecule has 2 aliphatic rings. The Kier molecular flexibility index (Phi) is 6.95. The van der Waals surface area contributed by atoms with Gasteiger partial charge in [-0.1, -0.05) is 32.1 Å². The molecule has 0 unspecified atom stereocenters. The normalized spacial score (nSPS) is 21.3. The molecule has 0 spiro atoms. The summed E-state index contributed by atoms with van der Waals surface area (Å²) in [5, 5.41) is 10.8. The number of hydrogen-bond donors (Lipinski definition) is 2. The fourth-order valence-corrected chi connectivity index (χ4v) is 2.90. The summed E-state index contributed by atoms with van der Waals surface area (Å²) in [7, 11) is 0. The van der Waals surface area contributed by atoms with Crippen LogP contribution in [-0.2, 0) is 14.3 Å². The number of rotatable bonds is 12. The van der Waals surface area contributed by atoms with E-state index in [2.05, 4.69) is 15.5 Å². The van der Waals surface area contributed by atoms with Gasteiger partial charge in [-0.15, -0.1) is 0 Å². The summed E-state index contributed by atoms with van der Waals surface area (Å²) < 4.78 is 4.83. The Morgan fingerprint density at radius 3 is 2.39 bits per heavy atom. The molecule has 0 bridgehead atoms. The van der Waals surface area contributed by atoms with Crippen molar-refractivity contribution in [1.29, 1.82) is 0 Å². The van der Waals surface area contributed by atoms with Crippen molar-refractivity contribution in [2.75, 3.05) is 13.2 Å². The van der Waals surface area contributed by atoms with E-state index in [9.17, 15) is 9.59 Å². The van der Waals surface area contributed by atoms with Crippen LogP contribution in [-0.4, -0.2) is 36.7 Å². The maximum atomic E-state index is 12.0. The Morgan fingerprint density at radius 1 is 1.17 bits per heavy atom. The number of ether oxygens (including phenoxy) is 1. The number of nitrogens with zero attached hydrogens (tertiary/aromatic N) is 2. The van der Waals surface area contributed by atoms with Crippen molar-refractivity contribution in [2.24, 2.45) is 16.0 Å². The van der Waals surface area contributed by atoms with Gasteiger partial charge in [-0.2, -0.15) is 10.2 Å². The van der Waals surface area contributed by atoms with Crippen molar-refractivity contribution in [1.82, 2.24) is 5.32 Å². The van der Waals surface area contributed by atoms with Gasteiger partial charge in [-0.3, -0.25) is 4.79 Å². The van der Waals surface area contributed by atoms with Gasteiger partial charge in [0.15, 0.2) is 5.66 Å².